The molecule has 0 fully saturated rings. The van der Waals surface area contributed by atoms with Crippen molar-refractivity contribution < 1.29 is 24.9 Å². The molecule has 19 nitrogen and oxygen atoms in total. The lowest BCUT2D eigenvalue weighted by Gasteiger charge is -2.19. The van der Waals surface area contributed by atoms with Gasteiger partial charge in [-0.25, -0.2) is 0 Å². The third-order valence-corrected chi connectivity index (χ3v) is 8.65. The summed E-state index contributed by atoms with van der Waals surface area (Å²) < 4.78 is 2.07. The van der Waals surface area contributed by atoms with Crippen LogP contribution in [0.4, 0.5) is 34.1 Å². The van der Waals surface area contributed by atoms with Crippen molar-refractivity contribution in [3.05, 3.63) is 112 Å². The van der Waals surface area contributed by atoms with Crippen LogP contribution in [0.5, 0.6) is 11.8 Å². The van der Waals surface area contributed by atoms with Crippen molar-refractivity contribution in [1.82, 2.24) is 9.13 Å². The number of rotatable bonds is 14. The quantitative estimate of drug-likeness (QED) is 0.0643. The average molecular weight is 757 g/mol. The maximum absolute atomic E-state index is 13.0. The number of unbranched alkanes of at least 4 members (excludes halogenated alkanes) is 1. The van der Waals surface area contributed by atoms with Crippen molar-refractivity contribution in [3.63, 3.8) is 0 Å². The van der Waals surface area contributed by atoms with E-state index in [4.69, 9.17) is 5.73 Å². The van der Waals surface area contributed by atoms with Crippen molar-refractivity contribution in [1.29, 1.82) is 5.26 Å². The lowest BCUT2D eigenvalue weighted by molar-refractivity contribution is -0.384. The average Bonchev–Trinajstić information content (AvgIpc) is 3.15. The molecule has 0 bridgehead atoms. The molecule has 4 rings (SSSR count). The lowest BCUT2D eigenvalue weighted by Crippen LogP contribution is -2.25. The highest BCUT2D eigenvalue weighted by Gasteiger charge is 2.24. The van der Waals surface area contributed by atoms with Crippen molar-refractivity contribution in [2.24, 2.45) is 32.1 Å². The monoisotopic (exact) mass is 756 g/mol. The number of carbonyl (C=O) groups excluding carboxylic acids is 1. The summed E-state index contributed by atoms with van der Waals surface area (Å²) in [6.07, 6.45) is 3.72. The van der Waals surface area contributed by atoms with E-state index < -0.39 is 32.8 Å². The van der Waals surface area contributed by atoms with Crippen LogP contribution in [0.2, 0.25) is 0 Å². The molecule has 0 spiro atoms. The van der Waals surface area contributed by atoms with E-state index in [1.165, 1.54) is 56.3 Å². The molecule has 55 heavy (non-hydrogen) atoms. The molecule has 1 amide bonds. The van der Waals surface area contributed by atoms with Gasteiger partial charge in [-0.2, -0.15) is 5.26 Å². The van der Waals surface area contributed by atoms with Crippen LogP contribution in [0, 0.1) is 51.3 Å². The Balaban J connectivity index is 0.000000300. The summed E-state index contributed by atoms with van der Waals surface area (Å²) in [5, 5.41) is 67.6. The summed E-state index contributed by atoms with van der Waals surface area (Å²) in [5.41, 5.74) is 2.96. The highest BCUT2D eigenvalue weighted by atomic mass is 16.6. The van der Waals surface area contributed by atoms with E-state index in [0.717, 1.165) is 34.8 Å². The molecule has 0 radical (unpaired) electrons. The van der Waals surface area contributed by atoms with Crippen LogP contribution in [-0.2, 0) is 13.1 Å². The molecule has 4 aromatic rings. The SMILES string of the molecule is CCCCC(CC)Cn1c(O)c(C#N)c(C)c(N=Nc2ccccc2[N+](=O)[O-])c1=O.CCn1c(O)c(C(N)=O)c(C)c(N=Nc2ccccc2[N+](=O)[O-])c1=O. The van der Waals surface area contributed by atoms with E-state index in [2.05, 4.69) is 27.4 Å². The summed E-state index contributed by atoms with van der Waals surface area (Å²) in [5.74, 6) is -1.72. The number of aromatic nitrogens is 2. The van der Waals surface area contributed by atoms with Crippen molar-refractivity contribution in [3.8, 4) is 17.8 Å². The molecule has 0 aliphatic heterocycles. The Morgan fingerprint density at radius 3 is 1.76 bits per heavy atom. The van der Waals surface area contributed by atoms with Gasteiger partial charge in [-0.3, -0.25) is 43.7 Å². The zero-order chi connectivity index (χ0) is 41.0. The molecule has 4 N–H and O–H groups in total. The fraction of sp³-hybridized carbons (Fsp3) is 0.333. The number of aromatic hydroxyl groups is 2. The first-order valence-electron chi connectivity index (χ1n) is 17.1. The topological polar surface area (TPSA) is 287 Å². The number of pyridine rings is 2. The predicted molar refractivity (Wildman–Crippen MR) is 201 cm³/mol. The number of hydrogen-bond acceptors (Lipinski definition) is 14. The number of carbonyl (C=O) groups is 1. The Labute approximate surface area is 314 Å². The molecule has 0 aliphatic rings. The Bertz CT molecular complexity index is 2320. The van der Waals surface area contributed by atoms with Crippen LogP contribution in [-0.4, -0.2) is 35.1 Å². The second kappa shape index (κ2) is 19.1. The number of benzene rings is 2. The fourth-order valence-corrected chi connectivity index (χ4v) is 5.53. The third kappa shape index (κ3) is 9.67. The van der Waals surface area contributed by atoms with Gasteiger partial charge in [-0.1, -0.05) is 57.4 Å². The molecule has 0 saturated carbocycles. The molecular formula is C36H40N10O9. The van der Waals surface area contributed by atoms with E-state index in [-0.39, 0.29) is 81.3 Å². The van der Waals surface area contributed by atoms with Crippen molar-refractivity contribution in [2.45, 2.75) is 73.4 Å². The Morgan fingerprint density at radius 1 is 0.836 bits per heavy atom. The highest BCUT2D eigenvalue weighted by molar-refractivity contribution is 5.97. The third-order valence-electron chi connectivity index (χ3n) is 8.65. The molecule has 1 unspecified atom stereocenters. The van der Waals surface area contributed by atoms with Crippen LogP contribution in [0.15, 0.2) is 78.6 Å². The Hall–Kier alpha value is -7.10. The number of primary amides is 1. The second-order valence-electron chi connectivity index (χ2n) is 12.1. The van der Waals surface area contributed by atoms with Crippen LogP contribution in [0.3, 0.4) is 0 Å². The maximum Gasteiger partial charge on any atom is 0.296 e. The summed E-state index contributed by atoms with van der Waals surface area (Å²) in [4.78, 5) is 58.0. The molecule has 1 atom stereocenters. The number of nitrogens with zero attached hydrogens (tertiary/aromatic N) is 9. The number of para-hydroxylation sites is 2. The van der Waals surface area contributed by atoms with Gasteiger partial charge in [-0.05, 0) is 45.2 Å². The minimum absolute atomic E-state index is 0.00573. The number of nitriles is 1. The zero-order valence-corrected chi connectivity index (χ0v) is 30.8. The second-order valence-corrected chi connectivity index (χ2v) is 12.1. The predicted octanol–water partition coefficient (Wildman–Crippen LogP) is 7.58. The van der Waals surface area contributed by atoms with Gasteiger partial charge < -0.3 is 15.9 Å². The van der Waals surface area contributed by atoms with E-state index in [9.17, 15) is 50.1 Å². The van der Waals surface area contributed by atoms with Gasteiger partial charge in [0.15, 0.2) is 22.7 Å². The molecule has 2 aromatic carbocycles. The van der Waals surface area contributed by atoms with Gasteiger partial charge in [-0.15, -0.1) is 20.5 Å². The van der Waals surface area contributed by atoms with Gasteiger partial charge in [0.05, 0.1) is 9.85 Å². The standard InChI is InChI=1S/C21H25N5O4.C15H15N5O5/c1-4-6-9-15(5-2)13-25-20(27)16(12-22)14(3)19(21(25)28)24-23-17-10-7-8-11-18(17)26(29)30;1-3-19-14(22)11(13(16)21)8(2)12(15(19)23)18-17-9-6-4-5-7-10(9)20(24)25/h7-8,10-11,15,27H,4-6,9,13H2,1-3H3;4-7,22H,3H2,1-2H3,(H2,16,21). The van der Waals surface area contributed by atoms with Crippen molar-refractivity contribution in [2.75, 3.05) is 0 Å². The van der Waals surface area contributed by atoms with Crippen molar-refractivity contribution >= 4 is 40.0 Å². The number of amides is 1. The summed E-state index contributed by atoms with van der Waals surface area (Å²) in [6, 6.07) is 13.3. The molecule has 2 heterocycles. The molecule has 288 valence electrons. The van der Waals surface area contributed by atoms with E-state index in [1.54, 1.807) is 13.0 Å². The van der Waals surface area contributed by atoms with E-state index in [0.29, 0.717) is 0 Å². The van der Waals surface area contributed by atoms with Gasteiger partial charge in [0.25, 0.3) is 28.4 Å². The van der Waals surface area contributed by atoms with Gasteiger partial charge >= 0.3 is 0 Å². The molecule has 0 aliphatic carbocycles. The number of hydrogen-bond donors (Lipinski definition) is 3. The first-order chi connectivity index (χ1) is 26.1. The molecular weight excluding hydrogens is 716 g/mol. The zero-order valence-electron chi connectivity index (χ0n) is 30.8. The minimum atomic E-state index is -0.931. The van der Waals surface area contributed by atoms with Crippen LogP contribution in [0.25, 0.3) is 0 Å². The summed E-state index contributed by atoms with van der Waals surface area (Å²) in [7, 11) is 0. The smallest absolute Gasteiger partial charge is 0.296 e. The summed E-state index contributed by atoms with van der Waals surface area (Å²) >= 11 is 0. The van der Waals surface area contributed by atoms with Crippen LogP contribution < -0.4 is 16.9 Å². The maximum atomic E-state index is 13.0. The minimum Gasteiger partial charge on any atom is -0.494 e. The molecule has 2 aromatic heterocycles. The van der Waals surface area contributed by atoms with Gasteiger partial charge in [0.2, 0.25) is 11.8 Å². The first-order valence-corrected chi connectivity index (χ1v) is 17.1. The largest absolute Gasteiger partial charge is 0.494 e. The first kappa shape index (κ1) is 42.3. The lowest BCUT2D eigenvalue weighted by atomic mass is 9.99. The van der Waals surface area contributed by atoms with Gasteiger partial charge in [0, 0.05) is 36.3 Å². The number of nitro benzene ring substituents is 2. The Morgan fingerprint density at radius 2 is 1.33 bits per heavy atom. The summed E-state index contributed by atoms with van der Waals surface area (Å²) in [6.45, 7) is 8.88. The van der Waals surface area contributed by atoms with Gasteiger partial charge in [0.1, 0.15) is 17.2 Å². The number of azo groups is 2. The Kier molecular flexibility index (Phi) is 14.7. The van der Waals surface area contributed by atoms with Crippen LogP contribution in [0.1, 0.15) is 73.5 Å². The van der Waals surface area contributed by atoms with E-state index >= 15 is 0 Å². The van der Waals surface area contributed by atoms with E-state index in [1.807, 2.05) is 13.0 Å². The number of nitrogens with two attached hydrogens (primary N) is 1. The number of nitro groups is 2. The van der Waals surface area contributed by atoms with Crippen LogP contribution >= 0.6 is 0 Å². The fourth-order valence-electron chi connectivity index (χ4n) is 5.53. The molecule has 0 saturated heterocycles. The highest BCUT2D eigenvalue weighted by Crippen LogP contribution is 2.32. The normalized spacial score (nSPS) is 11.6. The molecule has 19 heteroatoms.